The summed E-state index contributed by atoms with van der Waals surface area (Å²) in [5.41, 5.74) is 1.45. The summed E-state index contributed by atoms with van der Waals surface area (Å²) in [6, 6.07) is 11.4. The van der Waals surface area contributed by atoms with Gasteiger partial charge < -0.3 is 10.2 Å². The summed E-state index contributed by atoms with van der Waals surface area (Å²) in [7, 11) is 2.22. The van der Waals surface area contributed by atoms with Gasteiger partial charge in [-0.1, -0.05) is 30.3 Å². The van der Waals surface area contributed by atoms with E-state index >= 15 is 0 Å². The highest BCUT2D eigenvalue weighted by atomic mass is 15.4. The van der Waals surface area contributed by atoms with Gasteiger partial charge in [0.05, 0.1) is 11.5 Å². The average molecular weight is 351 g/mol. The van der Waals surface area contributed by atoms with Crippen molar-refractivity contribution in [2.75, 3.05) is 33.2 Å². The minimum Gasteiger partial charge on any atom is -0.316 e. The monoisotopic (exact) mass is 351 g/mol. The second-order valence-corrected chi connectivity index (χ2v) is 8.41. The van der Waals surface area contributed by atoms with E-state index in [0.717, 1.165) is 32.0 Å². The summed E-state index contributed by atoms with van der Waals surface area (Å²) < 4.78 is 2.34. The Hall–Kier alpha value is -1.72. The number of hydrogen-bond acceptors (Lipinski definition) is 4. The van der Waals surface area contributed by atoms with Crippen molar-refractivity contribution in [3.63, 3.8) is 0 Å². The lowest BCUT2D eigenvalue weighted by atomic mass is 9.95. The molecule has 0 spiro atoms. The van der Waals surface area contributed by atoms with Gasteiger partial charge >= 0.3 is 0 Å². The molecule has 138 valence electrons. The fourth-order valence-electron chi connectivity index (χ4n) is 4.72. The Morgan fingerprint density at radius 3 is 2.50 bits per heavy atom. The molecule has 26 heavy (non-hydrogen) atoms. The number of nitrogens with zero attached hydrogens (tertiary/aromatic N) is 4. The summed E-state index contributed by atoms with van der Waals surface area (Å²) >= 11 is 0. The van der Waals surface area contributed by atoms with E-state index in [1.165, 1.54) is 43.5 Å². The van der Waals surface area contributed by atoms with Crippen molar-refractivity contribution in [2.24, 2.45) is 0 Å². The molecule has 5 heteroatoms. The zero-order valence-electron chi connectivity index (χ0n) is 15.7. The molecule has 2 aromatic rings. The van der Waals surface area contributed by atoms with Crippen molar-refractivity contribution in [2.45, 2.75) is 49.5 Å². The molecule has 2 aliphatic heterocycles. The number of aromatic nitrogens is 3. The third-order valence-corrected chi connectivity index (χ3v) is 6.62. The molecule has 3 fully saturated rings. The minimum absolute atomic E-state index is 0.0682. The summed E-state index contributed by atoms with van der Waals surface area (Å²) in [6.45, 7) is 4.46. The Kier molecular flexibility index (Phi) is 4.09. The van der Waals surface area contributed by atoms with Crippen LogP contribution >= 0.6 is 0 Å². The maximum Gasteiger partial charge on any atom is 0.161 e. The summed E-state index contributed by atoms with van der Waals surface area (Å²) in [6.07, 6.45) is 5.91. The lowest BCUT2D eigenvalue weighted by Gasteiger charge is -2.30. The van der Waals surface area contributed by atoms with Gasteiger partial charge in [0.15, 0.2) is 5.82 Å². The molecule has 3 heterocycles. The van der Waals surface area contributed by atoms with Crippen LogP contribution < -0.4 is 5.32 Å². The molecule has 0 bridgehead atoms. The molecule has 2 saturated heterocycles. The highest BCUT2D eigenvalue weighted by Gasteiger charge is 2.50. The molecule has 5 nitrogen and oxygen atoms in total. The lowest BCUT2D eigenvalue weighted by Crippen LogP contribution is -2.33. The first-order chi connectivity index (χ1) is 12.8. The van der Waals surface area contributed by atoms with Crippen molar-refractivity contribution in [1.29, 1.82) is 0 Å². The number of hydrogen-bond donors (Lipinski definition) is 1. The second kappa shape index (κ2) is 6.46. The van der Waals surface area contributed by atoms with E-state index in [4.69, 9.17) is 10.1 Å². The Bertz CT molecular complexity index is 750. The molecule has 1 aromatic carbocycles. The smallest absolute Gasteiger partial charge is 0.161 e. The van der Waals surface area contributed by atoms with Crippen LogP contribution in [-0.2, 0) is 5.41 Å². The normalized spacial score (nSPS) is 26.3. The van der Waals surface area contributed by atoms with Crippen LogP contribution in [0.3, 0.4) is 0 Å². The van der Waals surface area contributed by atoms with Gasteiger partial charge in [-0.15, -0.1) is 0 Å². The molecular weight excluding hydrogens is 322 g/mol. The minimum atomic E-state index is 0.0682. The van der Waals surface area contributed by atoms with E-state index in [1.54, 1.807) is 0 Å². The standard InChI is InChI=1S/C21H29N5/c1-25-13-8-18(9-14-25)26-19(16-7-12-22-15-16)23-20(24-26)21(10-11-21)17-5-3-2-4-6-17/h2-6,16,18,22H,7-15H2,1H3. The average Bonchev–Trinajstić information content (AvgIpc) is 3.10. The number of nitrogens with one attached hydrogen (secondary N) is 1. The number of likely N-dealkylation sites (tertiary alicyclic amines) is 1. The molecule has 5 rings (SSSR count). The van der Waals surface area contributed by atoms with Crippen LogP contribution in [0.25, 0.3) is 0 Å². The summed E-state index contributed by atoms with van der Waals surface area (Å²) in [5.74, 6) is 2.83. The zero-order valence-corrected chi connectivity index (χ0v) is 15.7. The van der Waals surface area contributed by atoms with E-state index in [2.05, 4.69) is 52.3 Å². The third kappa shape index (κ3) is 2.78. The molecule has 3 aliphatic rings. The predicted octanol–water partition coefficient (Wildman–Crippen LogP) is 2.70. The van der Waals surface area contributed by atoms with Crippen LogP contribution in [0.1, 0.15) is 61.3 Å². The summed E-state index contributed by atoms with van der Waals surface area (Å²) in [4.78, 5) is 7.62. The Balaban J connectivity index is 1.52. The second-order valence-electron chi connectivity index (χ2n) is 8.41. The van der Waals surface area contributed by atoms with Gasteiger partial charge in [-0.3, -0.25) is 0 Å². The molecule has 0 amide bonds. The summed E-state index contributed by atoms with van der Waals surface area (Å²) in [5, 5.41) is 8.69. The van der Waals surface area contributed by atoms with Crippen LogP contribution in [0, 0.1) is 0 Å². The van der Waals surface area contributed by atoms with Crippen molar-refractivity contribution in [1.82, 2.24) is 25.0 Å². The van der Waals surface area contributed by atoms with Crippen LogP contribution in [0.15, 0.2) is 30.3 Å². The van der Waals surface area contributed by atoms with Gasteiger partial charge in [-0.25, -0.2) is 9.67 Å². The maximum atomic E-state index is 5.20. The van der Waals surface area contributed by atoms with E-state index in [-0.39, 0.29) is 5.41 Å². The van der Waals surface area contributed by atoms with Gasteiger partial charge in [0.1, 0.15) is 5.82 Å². The first kappa shape index (κ1) is 16.5. The SMILES string of the molecule is CN1CCC(n2nc(C3(c4ccccc4)CC3)nc2C2CCNC2)CC1. The fourth-order valence-corrected chi connectivity index (χ4v) is 4.72. The molecule has 1 aromatic heterocycles. The van der Waals surface area contributed by atoms with E-state index in [9.17, 15) is 0 Å². The van der Waals surface area contributed by atoms with Gasteiger partial charge in [0.2, 0.25) is 0 Å². The first-order valence-electron chi connectivity index (χ1n) is 10.2. The van der Waals surface area contributed by atoms with Gasteiger partial charge in [0.25, 0.3) is 0 Å². The molecule has 1 N–H and O–H groups in total. The van der Waals surface area contributed by atoms with E-state index in [1.807, 2.05) is 0 Å². The molecule has 1 saturated carbocycles. The van der Waals surface area contributed by atoms with Gasteiger partial charge in [0, 0.05) is 12.5 Å². The molecular formula is C21H29N5. The predicted molar refractivity (Wildman–Crippen MR) is 102 cm³/mol. The lowest BCUT2D eigenvalue weighted by molar-refractivity contribution is 0.207. The number of piperidine rings is 1. The van der Waals surface area contributed by atoms with Crippen LogP contribution in [0.2, 0.25) is 0 Å². The molecule has 0 radical (unpaired) electrons. The van der Waals surface area contributed by atoms with Crippen LogP contribution in [0.4, 0.5) is 0 Å². The van der Waals surface area contributed by atoms with Crippen molar-refractivity contribution < 1.29 is 0 Å². The number of benzene rings is 1. The number of rotatable bonds is 4. The first-order valence-corrected chi connectivity index (χ1v) is 10.2. The topological polar surface area (TPSA) is 46.0 Å². The quantitative estimate of drug-likeness (QED) is 0.920. The van der Waals surface area contributed by atoms with E-state index < -0.39 is 0 Å². The highest BCUT2D eigenvalue weighted by Crippen LogP contribution is 2.52. The van der Waals surface area contributed by atoms with Gasteiger partial charge in [-0.05, 0) is 64.3 Å². The molecule has 1 aliphatic carbocycles. The highest BCUT2D eigenvalue weighted by molar-refractivity contribution is 5.39. The Morgan fingerprint density at radius 2 is 1.85 bits per heavy atom. The van der Waals surface area contributed by atoms with Crippen molar-refractivity contribution >= 4 is 0 Å². The largest absolute Gasteiger partial charge is 0.316 e. The molecule has 1 atom stereocenters. The Labute approximate surface area is 155 Å². The van der Waals surface area contributed by atoms with Crippen LogP contribution in [-0.4, -0.2) is 52.9 Å². The maximum absolute atomic E-state index is 5.20. The fraction of sp³-hybridized carbons (Fsp3) is 0.619. The zero-order chi connectivity index (χ0) is 17.6. The van der Waals surface area contributed by atoms with Crippen LogP contribution in [0.5, 0.6) is 0 Å². The van der Waals surface area contributed by atoms with Crippen molar-refractivity contribution in [3.8, 4) is 0 Å². The van der Waals surface area contributed by atoms with Gasteiger partial charge in [-0.2, -0.15) is 5.10 Å². The third-order valence-electron chi connectivity index (χ3n) is 6.62. The van der Waals surface area contributed by atoms with E-state index in [0.29, 0.717) is 12.0 Å². The van der Waals surface area contributed by atoms with Crippen molar-refractivity contribution in [3.05, 3.63) is 47.5 Å². The Morgan fingerprint density at radius 1 is 1.08 bits per heavy atom. The molecule has 1 unspecified atom stereocenters.